The standard InChI is InChI=1S/C22H16ClF5N6O2/c1-30-18(29)20-32-19(33-21(36)9-4-10(22(26,27)28)6-12(25)5-9)17-16(31-15(35)8-34(17)20)13-7-11(24)2-3-14(13)23/h2-7,16H,8H2,1H3,(H2,29,30)(H,31,35)(H,33,36). The number of nitrogens with zero attached hydrogens (tertiary/aromatic N) is 3. The van der Waals surface area contributed by atoms with E-state index in [1.165, 1.54) is 17.7 Å². The van der Waals surface area contributed by atoms with E-state index in [2.05, 4.69) is 20.6 Å². The van der Waals surface area contributed by atoms with E-state index >= 15 is 0 Å². The number of hydrogen-bond donors (Lipinski definition) is 3. The number of benzene rings is 2. The molecule has 1 aliphatic heterocycles. The van der Waals surface area contributed by atoms with Gasteiger partial charge in [-0.1, -0.05) is 11.6 Å². The van der Waals surface area contributed by atoms with Gasteiger partial charge in [-0.15, -0.1) is 0 Å². The maximum atomic E-state index is 14.0. The van der Waals surface area contributed by atoms with Crippen LogP contribution >= 0.6 is 11.6 Å². The number of amides is 2. The molecule has 0 spiro atoms. The van der Waals surface area contributed by atoms with Crippen LogP contribution in [0.5, 0.6) is 0 Å². The number of rotatable bonds is 4. The summed E-state index contributed by atoms with van der Waals surface area (Å²) < 4.78 is 68.6. The van der Waals surface area contributed by atoms with Crippen LogP contribution in [0.15, 0.2) is 41.4 Å². The summed E-state index contributed by atoms with van der Waals surface area (Å²) in [5, 5.41) is 5.04. The molecule has 2 aromatic carbocycles. The molecule has 0 saturated heterocycles. The summed E-state index contributed by atoms with van der Waals surface area (Å²) >= 11 is 6.24. The number of alkyl halides is 3. The maximum Gasteiger partial charge on any atom is 0.416 e. The second-order valence-electron chi connectivity index (χ2n) is 7.71. The summed E-state index contributed by atoms with van der Waals surface area (Å²) in [6, 6.07) is 3.66. The van der Waals surface area contributed by atoms with Crippen LogP contribution in [-0.4, -0.2) is 34.2 Å². The molecule has 8 nitrogen and oxygen atoms in total. The zero-order valence-corrected chi connectivity index (χ0v) is 19.0. The molecule has 0 radical (unpaired) electrons. The summed E-state index contributed by atoms with van der Waals surface area (Å²) in [5.41, 5.74) is 4.13. The smallest absolute Gasteiger partial charge is 0.381 e. The molecule has 188 valence electrons. The van der Waals surface area contributed by atoms with Crippen molar-refractivity contribution in [1.29, 1.82) is 0 Å². The Bertz CT molecular complexity index is 1420. The van der Waals surface area contributed by atoms with Crippen molar-refractivity contribution >= 4 is 35.1 Å². The maximum absolute atomic E-state index is 14.0. The van der Waals surface area contributed by atoms with Gasteiger partial charge in [-0.2, -0.15) is 13.2 Å². The SMILES string of the molecule is CN=C(N)c1nc(NC(=O)c2cc(F)cc(C(F)(F)F)c2)c2n1CC(=O)NC2c1cc(F)ccc1Cl. The Balaban J connectivity index is 1.85. The Morgan fingerprint density at radius 2 is 1.94 bits per heavy atom. The van der Waals surface area contributed by atoms with E-state index in [0.29, 0.717) is 12.1 Å². The summed E-state index contributed by atoms with van der Waals surface area (Å²) in [7, 11) is 1.35. The third-order valence-corrected chi connectivity index (χ3v) is 5.69. The highest BCUT2D eigenvalue weighted by molar-refractivity contribution is 6.31. The summed E-state index contributed by atoms with van der Waals surface area (Å²) in [6.45, 7) is -0.314. The Morgan fingerprint density at radius 3 is 2.61 bits per heavy atom. The van der Waals surface area contributed by atoms with Crippen molar-refractivity contribution in [3.63, 3.8) is 0 Å². The third kappa shape index (κ3) is 4.73. The van der Waals surface area contributed by atoms with Crippen molar-refractivity contribution < 1.29 is 31.5 Å². The molecule has 4 N–H and O–H groups in total. The first kappa shape index (κ1) is 25.1. The monoisotopic (exact) mass is 526 g/mol. The van der Waals surface area contributed by atoms with Gasteiger partial charge in [-0.05, 0) is 36.4 Å². The first-order valence-electron chi connectivity index (χ1n) is 10.2. The highest BCUT2D eigenvalue weighted by Gasteiger charge is 2.36. The number of aliphatic imine (C=N–C) groups is 1. The van der Waals surface area contributed by atoms with Crippen molar-refractivity contribution in [2.24, 2.45) is 10.7 Å². The molecular formula is C22H16ClF5N6O2. The molecule has 1 aliphatic rings. The zero-order valence-electron chi connectivity index (χ0n) is 18.3. The molecule has 0 saturated carbocycles. The average molecular weight is 527 g/mol. The lowest BCUT2D eigenvalue weighted by Crippen LogP contribution is -2.40. The van der Waals surface area contributed by atoms with Crippen molar-refractivity contribution in [1.82, 2.24) is 14.9 Å². The van der Waals surface area contributed by atoms with Gasteiger partial charge in [-0.3, -0.25) is 14.6 Å². The zero-order chi connectivity index (χ0) is 26.4. The van der Waals surface area contributed by atoms with Gasteiger partial charge in [0.25, 0.3) is 5.91 Å². The molecule has 1 aromatic heterocycles. The number of nitrogens with one attached hydrogen (secondary N) is 2. The van der Waals surface area contributed by atoms with Gasteiger partial charge in [0.2, 0.25) is 5.91 Å². The minimum absolute atomic E-state index is 0.0367. The Kier molecular flexibility index (Phi) is 6.43. The molecule has 2 amide bonds. The molecule has 1 unspecified atom stereocenters. The van der Waals surface area contributed by atoms with Crippen LogP contribution in [0.25, 0.3) is 0 Å². The number of anilines is 1. The minimum atomic E-state index is -4.90. The first-order chi connectivity index (χ1) is 16.9. The quantitative estimate of drug-likeness (QED) is 0.273. The molecule has 4 rings (SSSR count). The van der Waals surface area contributed by atoms with Crippen molar-refractivity contribution in [2.75, 3.05) is 12.4 Å². The van der Waals surface area contributed by atoms with Crippen LogP contribution in [-0.2, 0) is 17.5 Å². The van der Waals surface area contributed by atoms with Gasteiger partial charge < -0.3 is 20.9 Å². The lowest BCUT2D eigenvalue weighted by Gasteiger charge is -2.28. The molecule has 3 aromatic rings. The van der Waals surface area contributed by atoms with E-state index in [1.807, 2.05) is 0 Å². The second kappa shape index (κ2) is 9.22. The molecular weight excluding hydrogens is 511 g/mol. The van der Waals surface area contributed by atoms with Crippen LogP contribution < -0.4 is 16.4 Å². The molecule has 1 atom stereocenters. The van der Waals surface area contributed by atoms with Gasteiger partial charge in [0.05, 0.1) is 17.3 Å². The predicted octanol–water partition coefficient (Wildman–Crippen LogP) is 3.64. The Morgan fingerprint density at radius 1 is 1.22 bits per heavy atom. The van der Waals surface area contributed by atoms with Crippen molar-refractivity contribution in [2.45, 2.75) is 18.8 Å². The van der Waals surface area contributed by atoms with E-state index in [4.69, 9.17) is 17.3 Å². The van der Waals surface area contributed by atoms with Crippen LogP contribution in [0, 0.1) is 11.6 Å². The van der Waals surface area contributed by atoms with Gasteiger partial charge in [-0.25, -0.2) is 13.8 Å². The van der Waals surface area contributed by atoms with Crippen molar-refractivity contribution in [3.8, 4) is 0 Å². The number of nitrogens with two attached hydrogens (primary N) is 1. The third-order valence-electron chi connectivity index (χ3n) is 5.35. The van der Waals surface area contributed by atoms with E-state index in [-0.39, 0.29) is 46.4 Å². The van der Waals surface area contributed by atoms with Gasteiger partial charge in [0.15, 0.2) is 17.5 Å². The Labute approximate surface area is 205 Å². The van der Waals surface area contributed by atoms with Gasteiger partial charge >= 0.3 is 6.18 Å². The number of carbonyl (C=O) groups is 2. The normalized spacial score (nSPS) is 15.9. The number of amidine groups is 1. The van der Waals surface area contributed by atoms with E-state index in [9.17, 15) is 31.5 Å². The summed E-state index contributed by atoms with van der Waals surface area (Å²) in [5.74, 6) is -3.98. The molecule has 0 aliphatic carbocycles. The number of fused-ring (bicyclic) bond motifs is 1. The van der Waals surface area contributed by atoms with Gasteiger partial charge in [0.1, 0.15) is 18.2 Å². The fraction of sp³-hybridized carbons (Fsp3) is 0.182. The highest BCUT2D eigenvalue weighted by atomic mass is 35.5. The second-order valence-corrected chi connectivity index (χ2v) is 8.12. The molecule has 36 heavy (non-hydrogen) atoms. The number of imidazole rings is 1. The highest BCUT2D eigenvalue weighted by Crippen LogP contribution is 2.36. The van der Waals surface area contributed by atoms with E-state index < -0.39 is 46.8 Å². The summed E-state index contributed by atoms with van der Waals surface area (Å²) in [4.78, 5) is 33.4. The lowest BCUT2D eigenvalue weighted by molar-refractivity contribution is -0.137. The Hall–Kier alpha value is -4.00. The topological polar surface area (TPSA) is 114 Å². The van der Waals surface area contributed by atoms with Gasteiger partial charge in [0, 0.05) is 23.2 Å². The van der Waals surface area contributed by atoms with E-state index in [0.717, 1.165) is 12.1 Å². The van der Waals surface area contributed by atoms with Crippen molar-refractivity contribution in [3.05, 3.63) is 81.3 Å². The molecule has 0 fully saturated rings. The fourth-order valence-corrected chi connectivity index (χ4v) is 3.98. The van der Waals surface area contributed by atoms with E-state index in [1.54, 1.807) is 0 Å². The predicted molar refractivity (Wildman–Crippen MR) is 120 cm³/mol. The molecule has 2 heterocycles. The largest absolute Gasteiger partial charge is 0.416 e. The molecule has 14 heteroatoms. The number of hydrogen-bond acceptors (Lipinski definition) is 4. The van der Waals surface area contributed by atoms with Crippen LogP contribution in [0.1, 0.15) is 39.0 Å². The van der Waals surface area contributed by atoms with Crippen LogP contribution in [0.3, 0.4) is 0 Å². The fourth-order valence-electron chi connectivity index (χ4n) is 3.75. The van der Waals surface area contributed by atoms with Crippen LogP contribution in [0.4, 0.5) is 27.8 Å². The number of aromatic nitrogens is 2. The minimum Gasteiger partial charge on any atom is -0.381 e. The number of carbonyl (C=O) groups excluding carboxylic acids is 2. The lowest BCUT2D eigenvalue weighted by atomic mass is 10.0. The molecule has 0 bridgehead atoms. The summed E-state index contributed by atoms with van der Waals surface area (Å²) in [6.07, 6.45) is -4.90. The number of halogens is 6. The van der Waals surface area contributed by atoms with Crippen LogP contribution in [0.2, 0.25) is 5.02 Å². The first-order valence-corrected chi connectivity index (χ1v) is 10.5. The average Bonchev–Trinajstić information content (AvgIpc) is 3.16.